The Balaban J connectivity index is 2.87. The minimum atomic E-state index is -0.0828. The van der Waals surface area contributed by atoms with Crippen LogP contribution in [0.3, 0.4) is 0 Å². The van der Waals surface area contributed by atoms with Crippen molar-refractivity contribution in [3.63, 3.8) is 0 Å². The fourth-order valence-corrected chi connectivity index (χ4v) is 1.98. The molecule has 0 aliphatic rings. The van der Waals surface area contributed by atoms with Gasteiger partial charge in [0.15, 0.2) is 0 Å². The van der Waals surface area contributed by atoms with E-state index < -0.39 is 0 Å². The summed E-state index contributed by atoms with van der Waals surface area (Å²) in [5, 5.41) is 0. The SMILES string of the molecule is CC(=O)C(Br)Cc1cccc(C)c1Br. The maximum absolute atomic E-state index is 11.1. The zero-order chi connectivity index (χ0) is 10.7. The van der Waals surface area contributed by atoms with Gasteiger partial charge < -0.3 is 0 Å². The van der Waals surface area contributed by atoms with E-state index in [1.54, 1.807) is 6.92 Å². The highest BCUT2D eigenvalue weighted by molar-refractivity contribution is 9.10. The van der Waals surface area contributed by atoms with Crippen LogP contribution >= 0.6 is 31.9 Å². The smallest absolute Gasteiger partial charge is 0.143 e. The molecule has 0 saturated heterocycles. The van der Waals surface area contributed by atoms with Crippen LogP contribution in [0.5, 0.6) is 0 Å². The molecule has 76 valence electrons. The van der Waals surface area contributed by atoms with Crippen LogP contribution in [0.1, 0.15) is 18.1 Å². The minimum absolute atomic E-state index is 0.0828. The number of carbonyl (C=O) groups excluding carboxylic acids is 1. The molecule has 0 N–H and O–H groups in total. The molecule has 1 aromatic carbocycles. The summed E-state index contributed by atoms with van der Waals surface area (Å²) in [5.74, 6) is 0.165. The lowest BCUT2D eigenvalue weighted by molar-refractivity contribution is -0.116. The zero-order valence-electron chi connectivity index (χ0n) is 8.18. The Kier molecular flexibility index (Phi) is 4.32. The van der Waals surface area contributed by atoms with Crippen LogP contribution < -0.4 is 0 Å². The fourth-order valence-electron chi connectivity index (χ4n) is 1.20. The van der Waals surface area contributed by atoms with Crippen molar-refractivity contribution in [2.45, 2.75) is 25.1 Å². The summed E-state index contributed by atoms with van der Waals surface area (Å²) in [6.07, 6.45) is 0.734. The lowest BCUT2D eigenvalue weighted by Gasteiger charge is -2.09. The molecule has 1 rings (SSSR count). The van der Waals surface area contributed by atoms with Crippen molar-refractivity contribution < 1.29 is 4.79 Å². The van der Waals surface area contributed by atoms with Crippen molar-refractivity contribution in [3.8, 4) is 0 Å². The third-order valence-corrected chi connectivity index (χ3v) is 4.22. The Morgan fingerprint density at radius 2 is 2.14 bits per heavy atom. The molecular formula is C11H12Br2O. The van der Waals surface area contributed by atoms with Crippen LogP contribution in [0.2, 0.25) is 0 Å². The van der Waals surface area contributed by atoms with Crippen LogP contribution in [-0.4, -0.2) is 10.6 Å². The second-order valence-electron chi connectivity index (χ2n) is 3.33. The molecule has 0 spiro atoms. The lowest BCUT2D eigenvalue weighted by Crippen LogP contribution is -2.13. The summed E-state index contributed by atoms with van der Waals surface area (Å²) in [6.45, 7) is 3.65. The molecule has 0 amide bonds. The molecule has 0 heterocycles. The quantitative estimate of drug-likeness (QED) is 0.777. The van der Waals surface area contributed by atoms with E-state index in [9.17, 15) is 4.79 Å². The first-order chi connectivity index (χ1) is 6.52. The van der Waals surface area contributed by atoms with Gasteiger partial charge in [-0.25, -0.2) is 0 Å². The monoisotopic (exact) mass is 318 g/mol. The van der Waals surface area contributed by atoms with Crippen LogP contribution in [0, 0.1) is 6.92 Å². The number of halogens is 2. The number of aryl methyl sites for hydroxylation is 1. The fraction of sp³-hybridized carbons (Fsp3) is 0.364. The molecule has 0 bridgehead atoms. The van der Waals surface area contributed by atoms with E-state index in [0.29, 0.717) is 0 Å². The maximum Gasteiger partial charge on any atom is 0.143 e. The van der Waals surface area contributed by atoms with Gasteiger partial charge in [-0.3, -0.25) is 4.79 Å². The van der Waals surface area contributed by atoms with Gasteiger partial charge in [-0.15, -0.1) is 0 Å². The first-order valence-electron chi connectivity index (χ1n) is 4.41. The number of rotatable bonds is 3. The highest BCUT2D eigenvalue weighted by Gasteiger charge is 2.12. The predicted octanol–water partition coefficient (Wildman–Crippen LogP) is 3.65. The van der Waals surface area contributed by atoms with E-state index in [1.807, 2.05) is 25.1 Å². The molecule has 1 nitrogen and oxygen atoms in total. The normalized spacial score (nSPS) is 12.6. The molecule has 0 aliphatic heterocycles. The average Bonchev–Trinajstić information content (AvgIpc) is 2.12. The molecule has 1 atom stereocenters. The van der Waals surface area contributed by atoms with E-state index in [4.69, 9.17) is 0 Å². The summed E-state index contributed by atoms with van der Waals surface area (Å²) in [4.78, 5) is 11.0. The number of Topliss-reactive ketones (excluding diaryl/α,β-unsaturated/α-hetero) is 1. The van der Waals surface area contributed by atoms with Gasteiger partial charge in [0.25, 0.3) is 0 Å². The second-order valence-corrected chi connectivity index (χ2v) is 5.23. The second kappa shape index (κ2) is 5.08. The Labute approximate surface area is 101 Å². The molecule has 1 unspecified atom stereocenters. The van der Waals surface area contributed by atoms with Crippen molar-refractivity contribution in [2.75, 3.05) is 0 Å². The van der Waals surface area contributed by atoms with Crippen LogP contribution in [0.4, 0.5) is 0 Å². The van der Waals surface area contributed by atoms with Crippen molar-refractivity contribution in [1.82, 2.24) is 0 Å². The van der Waals surface area contributed by atoms with Crippen molar-refractivity contribution in [1.29, 1.82) is 0 Å². The summed E-state index contributed by atoms with van der Waals surface area (Å²) < 4.78 is 1.10. The Bertz CT molecular complexity index is 347. The molecule has 3 heteroatoms. The standard InChI is InChI=1S/C11H12Br2O/c1-7-4-3-5-9(11(7)13)6-10(12)8(2)14/h3-5,10H,6H2,1-2H3. The van der Waals surface area contributed by atoms with E-state index in [2.05, 4.69) is 31.9 Å². The van der Waals surface area contributed by atoms with Gasteiger partial charge >= 0.3 is 0 Å². The van der Waals surface area contributed by atoms with E-state index in [-0.39, 0.29) is 10.6 Å². The topological polar surface area (TPSA) is 17.1 Å². The van der Waals surface area contributed by atoms with Gasteiger partial charge in [0.05, 0.1) is 4.83 Å². The third kappa shape index (κ3) is 2.92. The lowest BCUT2D eigenvalue weighted by atomic mass is 10.1. The van der Waals surface area contributed by atoms with Crippen LogP contribution in [0.15, 0.2) is 22.7 Å². The maximum atomic E-state index is 11.1. The Hall–Kier alpha value is -0.150. The van der Waals surface area contributed by atoms with Crippen LogP contribution in [-0.2, 0) is 11.2 Å². The molecule has 0 fully saturated rings. The number of hydrogen-bond acceptors (Lipinski definition) is 1. The molecule has 0 saturated carbocycles. The third-order valence-electron chi connectivity index (χ3n) is 2.11. The van der Waals surface area contributed by atoms with Gasteiger partial charge in [-0.1, -0.05) is 50.1 Å². The highest BCUT2D eigenvalue weighted by Crippen LogP contribution is 2.23. The number of ketones is 1. The zero-order valence-corrected chi connectivity index (χ0v) is 11.4. The van der Waals surface area contributed by atoms with Gasteiger partial charge in [-0.2, -0.15) is 0 Å². The van der Waals surface area contributed by atoms with Gasteiger partial charge in [0.2, 0.25) is 0 Å². The van der Waals surface area contributed by atoms with Gasteiger partial charge in [-0.05, 0) is 31.4 Å². The molecule has 0 aromatic heterocycles. The Morgan fingerprint density at radius 3 is 2.71 bits per heavy atom. The number of alkyl halides is 1. The molecule has 1 aromatic rings. The first kappa shape index (κ1) is 11.9. The summed E-state index contributed by atoms with van der Waals surface area (Å²) in [5.41, 5.74) is 2.37. The average molecular weight is 320 g/mol. The van der Waals surface area contributed by atoms with Crippen molar-refractivity contribution in [3.05, 3.63) is 33.8 Å². The number of benzene rings is 1. The van der Waals surface area contributed by atoms with Crippen molar-refractivity contribution >= 4 is 37.6 Å². The van der Waals surface area contributed by atoms with E-state index >= 15 is 0 Å². The molecule has 14 heavy (non-hydrogen) atoms. The largest absolute Gasteiger partial charge is 0.299 e. The molecule has 0 aliphatic carbocycles. The van der Waals surface area contributed by atoms with E-state index in [1.165, 1.54) is 11.1 Å². The molecular weight excluding hydrogens is 308 g/mol. The Morgan fingerprint density at radius 1 is 1.50 bits per heavy atom. The summed E-state index contributed by atoms with van der Waals surface area (Å²) >= 11 is 6.89. The van der Waals surface area contributed by atoms with E-state index in [0.717, 1.165) is 10.9 Å². The highest BCUT2D eigenvalue weighted by atomic mass is 79.9. The van der Waals surface area contributed by atoms with Crippen LogP contribution in [0.25, 0.3) is 0 Å². The molecule has 0 radical (unpaired) electrons. The summed E-state index contributed by atoms with van der Waals surface area (Å²) in [6, 6.07) is 6.09. The number of hydrogen-bond donors (Lipinski definition) is 0. The predicted molar refractivity (Wildman–Crippen MR) is 66.0 cm³/mol. The van der Waals surface area contributed by atoms with Gasteiger partial charge in [0, 0.05) is 4.47 Å². The summed E-state index contributed by atoms with van der Waals surface area (Å²) in [7, 11) is 0. The first-order valence-corrected chi connectivity index (χ1v) is 6.11. The van der Waals surface area contributed by atoms with Gasteiger partial charge in [0.1, 0.15) is 5.78 Å². The minimum Gasteiger partial charge on any atom is -0.299 e. The van der Waals surface area contributed by atoms with Crippen molar-refractivity contribution in [2.24, 2.45) is 0 Å². The number of carbonyl (C=O) groups is 1.